The molecule has 5 N–H and O–H groups in total. The smallest absolute Gasteiger partial charge is 0.407 e. The number of hydrogen-bond donors (Lipinski definition) is 5. The Bertz CT molecular complexity index is 2460. The third-order valence-electron chi connectivity index (χ3n) is 12.4. The number of para-hydroxylation sites is 2. The Morgan fingerprint density at radius 1 is 0.633 bits per heavy atom. The van der Waals surface area contributed by atoms with Crippen molar-refractivity contribution in [2.75, 3.05) is 125 Å². The molecule has 3 aromatic carbocycles. The van der Waals surface area contributed by atoms with Gasteiger partial charge >= 0.3 is 6.09 Å². The molecule has 3 aromatic rings. The molecule has 1 aliphatic rings. The van der Waals surface area contributed by atoms with E-state index in [1.54, 1.807) is 76.4 Å². The average molecular weight is 1130 g/mol. The second kappa shape index (κ2) is 35.7. The van der Waals surface area contributed by atoms with Crippen molar-refractivity contribution >= 4 is 39.8 Å². The van der Waals surface area contributed by atoms with Gasteiger partial charge in [0.2, 0.25) is 0 Å². The topological polar surface area (TPSA) is 251 Å². The van der Waals surface area contributed by atoms with Crippen LogP contribution >= 0.6 is 0 Å². The highest BCUT2D eigenvalue weighted by Gasteiger charge is 2.27. The van der Waals surface area contributed by atoms with Gasteiger partial charge in [-0.2, -0.15) is 8.42 Å². The van der Waals surface area contributed by atoms with E-state index in [2.05, 4.69) is 26.6 Å². The number of unbranched alkanes of at least 4 members (excludes halogenated alkanes) is 3. The van der Waals surface area contributed by atoms with Gasteiger partial charge in [-0.05, 0) is 96.2 Å². The molecule has 1 heterocycles. The van der Waals surface area contributed by atoms with Crippen LogP contribution in [-0.2, 0) is 33.2 Å². The average Bonchev–Trinajstić information content (AvgIpc) is 3.41. The van der Waals surface area contributed by atoms with Crippen LogP contribution < -0.4 is 36.1 Å². The lowest BCUT2D eigenvalue weighted by molar-refractivity contribution is 0.0196. The lowest BCUT2D eigenvalue weighted by atomic mass is 10.0. The molecule has 0 aliphatic carbocycles. The summed E-state index contributed by atoms with van der Waals surface area (Å²) in [6.07, 6.45) is 3.85. The molecule has 4 bridgehead atoms. The number of methoxy groups -OCH3 is 1. The molecule has 5 amide bonds. The second-order valence-electron chi connectivity index (χ2n) is 20.1. The maximum Gasteiger partial charge on any atom is 0.407 e. The fourth-order valence-electron chi connectivity index (χ4n) is 8.15. The Balaban J connectivity index is 1.72. The number of hydrogen-bond acceptors (Lipinski definition) is 16. The molecule has 0 spiro atoms. The molecule has 0 fully saturated rings. The van der Waals surface area contributed by atoms with Gasteiger partial charge in [0.1, 0.15) is 17.1 Å². The summed E-state index contributed by atoms with van der Waals surface area (Å²) in [6.45, 7) is 15.8. The zero-order valence-corrected chi connectivity index (χ0v) is 48.4. The van der Waals surface area contributed by atoms with E-state index < -0.39 is 51.5 Å². The summed E-state index contributed by atoms with van der Waals surface area (Å²) in [5, 5.41) is 14.9. The summed E-state index contributed by atoms with van der Waals surface area (Å²) in [5.41, 5.74) is 0.845. The normalized spacial score (nSPS) is 16.0. The van der Waals surface area contributed by atoms with Crippen LogP contribution in [0.25, 0.3) is 0 Å². The lowest BCUT2D eigenvalue weighted by Crippen LogP contribution is -2.47. The van der Waals surface area contributed by atoms with Crippen LogP contribution in [0.1, 0.15) is 127 Å². The molecule has 79 heavy (non-hydrogen) atoms. The summed E-state index contributed by atoms with van der Waals surface area (Å²) in [6, 6.07) is 15.4. The molecule has 21 nitrogen and oxygen atoms in total. The number of carbonyl (C=O) groups is 5. The maximum atomic E-state index is 14.7. The fraction of sp³-hybridized carbons (Fsp3) is 0.596. The van der Waals surface area contributed by atoms with Crippen LogP contribution in [0.4, 0.5) is 4.79 Å². The molecule has 1 atom stereocenters. The highest BCUT2D eigenvalue weighted by atomic mass is 32.2. The van der Waals surface area contributed by atoms with Crippen LogP contribution in [0.5, 0.6) is 11.5 Å². The van der Waals surface area contributed by atoms with Gasteiger partial charge in [-0.1, -0.05) is 56.5 Å². The molecule has 1 unspecified atom stereocenters. The largest absolute Gasteiger partial charge is 0.492 e. The van der Waals surface area contributed by atoms with Crippen molar-refractivity contribution in [3.8, 4) is 11.5 Å². The molecular weight excluding hydrogens is 1040 g/mol. The van der Waals surface area contributed by atoms with Gasteiger partial charge in [-0.3, -0.25) is 33.2 Å². The molecular formula is C57H87N7O14S. The first kappa shape index (κ1) is 65.6. The summed E-state index contributed by atoms with van der Waals surface area (Å²) >= 11 is 0. The molecule has 1 aliphatic heterocycles. The number of rotatable bonds is 27. The first-order valence-corrected chi connectivity index (χ1v) is 29.1. The minimum Gasteiger partial charge on any atom is -0.492 e. The molecule has 0 radical (unpaired) electrons. The van der Waals surface area contributed by atoms with Gasteiger partial charge in [0, 0.05) is 78.6 Å². The quantitative estimate of drug-likeness (QED) is 0.0451. The van der Waals surface area contributed by atoms with Crippen LogP contribution in [-0.4, -0.2) is 185 Å². The highest BCUT2D eigenvalue weighted by Crippen LogP contribution is 2.27. The highest BCUT2D eigenvalue weighted by molar-refractivity contribution is 7.86. The zero-order valence-electron chi connectivity index (χ0n) is 47.5. The van der Waals surface area contributed by atoms with Gasteiger partial charge < -0.3 is 55.0 Å². The molecule has 0 saturated carbocycles. The van der Waals surface area contributed by atoms with Crippen LogP contribution in [0.15, 0.2) is 65.6 Å². The van der Waals surface area contributed by atoms with E-state index in [9.17, 15) is 32.4 Å². The summed E-state index contributed by atoms with van der Waals surface area (Å²) in [4.78, 5) is 73.4. The van der Waals surface area contributed by atoms with Gasteiger partial charge in [0.05, 0.1) is 80.0 Å². The number of ether oxygens (including phenoxy) is 6. The van der Waals surface area contributed by atoms with Crippen molar-refractivity contribution in [2.24, 2.45) is 0 Å². The van der Waals surface area contributed by atoms with Gasteiger partial charge in [-0.15, -0.1) is 0 Å². The standard InChI is InChI=1S/C57H87N7O14S/c1-8-10-34-75-50-46-17-14-18-47(50)53(66)60-28-31-64(33-37-77-79(70,71)45-23-21-43(3)22-24-45)42-44(16-12-13-25-61-56(69)78-57(4,5)6)62-55(68)49-20-15-19-48(51(49)76-35-11-9-2)54(67)59-27-30-63(29-26-58-52(46)65)32-36-73-40-41-74-39-38-72-7/h14-15,17-24,44H,8-13,16,25-42H2,1-7H3,(H,58,65)(H,59,67)(H,60,66)(H,61,69)(H,62,68). The Kier molecular flexibility index (Phi) is 29.6. The number of aryl methyl sites for hydroxylation is 1. The van der Waals surface area contributed by atoms with E-state index >= 15 is 0 Å². The third-order valence-corrected chi connectivity index (χ3v) is 13.7. The Morgan fingerprint density at radius 2 is 1.13 bits per heavy atom. The molecule has 440 valence electrons. The van der Waals surface area contributed by atoms with Crippen molar-refractivity contribution in [2.45, 2.75) is 103 Å². The van der Waals surface area contributed by atoms with Crippen LogP contribution in [0.2, 0.25) is 0 Å². The number of alkyl carbamates (subject to hydrolysis) is 1. The molecule has 4 rings (SSSR count). The van der Waals surface area contributed by atoms with Crippen molar-refractivity contribution in [1.82, 2.24) is 36.4 Å². The summed E-state index contributed by atoms with van der Waals surface area (Å²) in [5.74, 6) is -1.64. The summed E-state index contributed by atoms with van der Waals surface area (Å²) in [7, 11) is -2.55. The number of nitrogens with zero attached hydrogens (tertiary/aromatic N) is 2. The first-order chi connectivity index (χ1) is 38.0. The van der Waals surface area contributed by atoms with Crippen molar-refractivity contribution < 1.29 is 65.0 Å². The van der Waals surface area contributed by atoms with E-state index in [0.717, 1.165) is 18.4 Å². The lowest BCUT2D eigenvalue weighted by Gasteiger charge is -2.29. The van der Waals surface area contributed by atoms with Crippen LogP contribution in [0, 0.1) is 6.92 Å². The maximum absolute atomic E-state index is 14.7. The van der Waals surface area contributed by atoms with Crippen molar-refractivity contribution in [1.29, 1.82) is 0 Å². The van der Waals surface area contributed by atoms with Crippen LogP contribution in [0.3, 0.4) is 0 Å². The predicted octanol–water partition coefficient (Wildman–Crippen LogP) is 5.74. The molecule has 0 saturated heterocycles. The second-order valence-corrected chi connectivity index (χ2v) is 21.7. The minimum absolute atomic E-state index is 0.000556. The summed E-state index contributed by atoms with van der Waals surface area (Å²) < 4.78 is 66.6. The first-order valence-electron chi connectivity index (χ1n) is 27.6. The van der Waals surface area contributed by atoms with Gasteiger partial charge in [-0.25, -0.2) is 4.79 Å². The van der Waals surface area contributed by atoms with E-state index in [1.165, 1.54) is 12.1 Å². The monoisotopic (exact) mass is 1130 g/mol. The van der Waals surface area contributed by atoms with Gasteiger partial charge in [0.15, 0.2) is 0 Å². The fourth-order valence-corrected chi connectivity index (χ4v) is 9.05. The SMILES string of the molecule is CCCCOc1c2cccc1C(=O)NCCN(CCOS(=O)(=O)c1ccc(C)cc1)CC(CCCCNC(=O)OC(C)(C)C)NC(=O)c1cccc(c1OCCCC)C(=O)NCCN(CCOCCOCCOC)CCNC2=O. The number of nitrogens with one attached hydrogen (secondary N) is 5. The van der Waals surface area contributed by atoms with Crippen molar-refractivity contribution in [3.63, 3.8) is 0 Å². The van der Waals surface area contributed by atoms with Crippen molar-refractivity contribution in [3.05, 3.63) is 88.5 Å². The predicted molar refractivity (Wildman–Crippen MR) is 301 cm³/mol. The third kappa shape index (κ3) is 24.6. The number of amides is 5. The van der Waals surface area contributed by atoms with E-state index in [0.29, 0.717) is 91.3 Å². The molecule has 0 aromatic heterocycles. The van der Waals surface area contributed by atoms with E-state index in [-0.39, 0.29) is 97.7 Å². The Hall–Kier alpha value is -5.88. The van der Waals surface area contributed by atoms with E-state index in [1.807, 2.05) is 30.6 Å². The molecule has 22 heteroatoms. The van der Waals surface area contributed by atoms with Gasteiger partial charge in [0.25, 0.3) is 33.7 Å². The number of fused-ring (bicyclic) bond motifs is 4. The number of carbonyl (C=O) groups excluding carboxylic acids is 5. The Morgan fingerprint density at radius 3 is 1.65 bits per heavy atom. The number of benzene rings is 3. The Labute approximate surface area is 467 Å². The van der Waals surface area contributed by atoms with E-state index in [4.69, 9.17) is 32.6 Å². The zero-order chi connectivity index (χ0) is 57.5. The minimum atomic E-state index is -4.15.